The van der Waals surface area contributed by atoms with Crippen molar-refractivity contribution in [1.82, 2.24) is 0 Å². The van der Waals surface area contributed by atoms with Crippen molar-refractivity contribution < 1.29 is 9.30 Å². The van der Waals surface area contributed by atoms with Gasteiger partial charge < -0.3 is 4.74 Å². The molecule has 1 aromatic heterocycles. The summed E-state index contributed by atoms with van der Waals surface area (Å²) in [5.74, 6) is 0.867. The molecule has 0 saturated heterocycles. The number of hydrogen-bond donors (Lipinski definition) is 0. The van der Waals surface area contributed by atoms with Gasteiger partial charge >= 0.3 is 5.19 Å². The van der Waals surface area contributed by atoms with Crippen molar-refractivity contribution in [2.75, 3.05) is 0 Å². The molecular formula is C16H14NOS+. The molecule has 0 bridgehead atoms. The summed E-state index contributed by atoms with van der Waals surface area (Å²) in [5.41, 5.74) is 1.27. The predicted molar refractivity (Wildman–Crippen MR) is 76.6 cm³/mol. The minimum atomic E-state index is 0.826. The van der Waals surface area contributed by atoms with Crippen molar-refractivity contribution in [3.05, 3.63) is 77.8 Å². The maximum absolute atomic E-state index is 5.90. The normalized spacial score (nSPS) is 10.3. The Balaban J connectivity index is 1.79. The Morgan fingerprint density at radius 3 is 2.32 bits per heavy atom. The molecule has 0 amide bonds. The second-order valence-corrected chi connectivity index (χ2v) is 5.05. The Kier molecular flexibility index (Phi) is 3.56. The molecule has 2 aromatic carbocycles. The van der Waals surface area contributed by atoms with Gasteiger partial charge in [-0.1, -0.05) is 48.5 Å². The fourth-order valence-corrected chi connectivity index (χ4v) is 2.59. The third-order valence-electron chi connectivity index (χ3n) is 2.79. The van der Waals surface area contributed by atoms with Crippen molar-refractivity contribution in [1.29, 1.82) is 0 Å². The van der Waals surface area contributed by atoms with Crippen molar-refractivity contribution >= 4 is 11.3 Å². The van der Waals surface area contributed by atoms with Crippen molar-refractivity contribution in [2.45, 2.75) is 6.54 Å². The van der Waals surface area contributed by atoms with Crippen LogP contribution in [0.15, 0.2) is 72.2 Å². The minimum absolute atomic E-state index is 0.826. The highest BCUT2D eigenvalue weighted by Gasteiger charge is 2.15. The lowest BCUT2D eigenvalue weighted by Gasteiger charge is -2.01. The van der Waals surface area contributed by atoms with E-state index in [2.05, 4.69) is 35.0 Å². The fraction of sp³-hybridized carbons (Fsp3) is 0.0625. The molecule has 3 aromatic rings. The lowest BCUT2D eigenvalue weighted by atomic mass is 10.2. The van der Waals surface area contributed by atoms with Gasteiger partial charge in [0.05, 0.1) is 5.38 Å². The van der Waals surface area contributed by atoms with E-state index < -0.39 is 0 Å². The number of hydrogen-bond acceptors (Lipinski definition) is 2. The van der Waals surface area contributed by atoms with Crippen LogP contribution in [0.4, 0.5) is 0 Å². The number of rotatable bonds is 4. The summed E-state index contributed by atoms with van der Waals surface area (Å²) in [5, 5.41) is 2.94. The highest BCUT2D eigenvalue weighted by atomic mass is 32.1. The van der Waals surface area contributed by atoms with E-state index in [0.717, 1.165) is 17.5 Å². The van der Waals surface area contributed by atoms with Crippen LogP contribution in [0.25, 0.3) is 0 Å². The first-order valence-electron chi connectivity index (χ1n) is 6.15. The molecule has 0 aliphatic heterocycles. The second kappa shape index (κ2) is 5.67. The quantitative estimate of drug-likeness (QED) is 0.655. The molecule has 1 heterocycles. The number of para-hydroxylation sites is 1. The highest BCUT2D eigenvalue weighted by molar-refractivity contribution is 7.11. The van der Waals surface area contributed by atoms with E-state index >= 15 is 0 Å². The molecule has 19 heavy (non-hydrogen) atoms. The van der Waals surface area contributed by atoms with Gasteiger partial charge in [-0.05, 0) is 23.5 Å². The summed E-state index contributed by atoms with van der Waals surface area (Å²) in [6.07, 6.45) is 2.05. The molecule has 0 unspecified atom stereocenters. The lowest BCUT2D eigenvalue weighted by Crippen LogP contribution is -2.32. The Labute approximate surface area is 116 Å². The molecule has 0 radical (unpaired) electrons. The third kappa shape index (κ3) is 3.01. The molecule has 0 aliphatic carbocycles. The van der Waals surface area contributed by atoms with Crippen LogP contribution >= 0.6 is 11.3 Å². The van der Waals surface area contributed by atoms with Crippen LogP contribution in [0.2, 0.25) is 0 Å². The zero-order chi connectivity index (χ0) is 12.9. The third-order valence-corrected chi connectivity index (χ3v) is 3.57. The van der Waals surface area contributed by atoms with Gasteiger partial charge in [0.15, 0.2) is 12.7 Å². The lowest BCUT2D eigenvalue weighted by molar-refractivity contribution is -0.687. The molecule has 3 heteroatoms. The van der Waals surface area contributed by atoms with Crippen LogP contribution in [-0.2, 0) is 6.54 Å². The molecule has 0 fully saturated rings. The molecule has 0 aliphatic rings. The van der Waals surface area contributed by atoms with Crippen LogP contribution in [0.1, 0.15) is 5.56 Å². The topological polar surface area (TPSA) is 13.1 Å². The maximum atomic E-state index is 5.90. The van der Waals surface area contributed by atoms with E-state index in [-0.39, 0.29) is 0 Å². The van der Waals surface area contributed by atoms with Crippen molar-refractivity contribution in [3.63, 3.8) is 0 Å². The van der Waals surface area contributed by atoms with Gasteiger partial charge in [0.2, 0.25) is 0 Å². The average molecular weight is 268 g/mol. The standard InChI is InChI=1S/C16H14NOS/c1-3-7-14(8-4-1)13-17-11-12-19-16(17)18-15-9-5-2-6-10-15/h1-12H,13H2/q+1. The smallest absolute Gasteiger partial charge is 0.397 e. The maximum Gasteiger partial charge on any atom is 0.436 e. The zero-order valence-electron chi connectivity index (χ0n) is 10.4. The van der Waals surface area contributed by atoms with Gasteiger partial charge in [0.1, 0.15) is 5.75 Å². The number of aromatic nitrogens is 1. The molecule has 94 valence electrons. The summed E-state index contributed by atoms with van der Waals surface area (Å²) >= 11 is 1.60. The van der Waals surface area contributed by atoms with Crippen molar-refractivity contribution in [3.8, 4) is 10.9 Å². The Hall–Kier alpha value is -2.13. The van der Waals surface area contributed by atoms with Crippen LogP contribution in [0.5, 0.6) is 10.9 Å². The van der Waals surface area contributed by atoms with Gasteiger partial charge in [-0.2, -0.15) is 4.57 Å². The van der Waals surface area contributed by atoms with E-state index in [1.807, 2.05) is 41.8 Å². The highest BCUT2D eigenvalue weighted by Crippen LogP contribution is 2.21. The average Bonchev–Trinajstić information content (AvgIpc) is 2.88. The summed E-state index contributed by atoms with van der Waals surface area (Å²) in [7, 11) is 0. The molecule has 0 spiro atoms. The van der Waals surface area contributed by atoms with Gasteiger partial charge in [0, 0.05) is 5.56 Å². The summed E-state index contributed by atoms with van der Waals surface area (Å²) in [4.78, 5) is 0. The first kappa shape index (κ1) is 11.9. The van der Waals surface area contributed by atoms with E-state index in [1.165, 1.54) is 5.56 Å². The van der Waals surface area contributed by atoms with Crippen LogP contribution < -0.4 is 9.30 Å². The van der Waals surface area contributed by atoms with Gasteiger partial charge in [0.25, 0.3) is 0 Å². The summed E-state index contributed by atoms with van der Waals surface area (Å²) < 4.78 is 8.02. The monoisotopic (exact) mass is 268 g/mol. The number of benzene rings is 2. The first-order valence-corrected chi connectivity index (χ1v) is 7.03. The van der Waals surface area contributed by atoms with Crippen LogP contribution in [0, 0.1) is 0 Å². The van der Waals surface area contributed by atoms with Crippen LogP contribution in [0.3, 0.4) is 0 Å². The molecule has 3 rings (SSSR count). The predicted octanol–water partition coefficient (Wildman–Crippen LogP) is 3.88. The van der Waals surface area contributed by atoms with Gasteiger partial charge in [-0.3, -0.25) is 0 Å². The zero-order valence-corrected chi connectivity index (χ0v) is 11.2. The van der Waals surface area contributed by atoms with E-state index in [0.29, 0.717) is 0 Å². The molecule has 0 saturated carbocycles. The molecule has 2 nitrogen and oxygen atoms in total. The first-order chi connectivity index (χ1) is 9.42. The van der Waals surface area contributed by atoms with E-state index in [4.69, 9.17) is 4.74 Å². The van der Waals surface area contributed by atoms with Crippen LogP contribution in [-0.4, -0.2) is 0 Å². The van der Waals surface area contributed by atoms with Gasteiger partial charge in [-0.15, -0.1) is 0 Å². The van der Waals surface area contributed by atoms with Gasteiger partial charge in [-0.25, -0.2) is 0 Å². The molecule has 0 atom stereocenters. The molecule has 0 N–H and O–H groups in total. The second-order valence-electron chi connectivity index (χ2n) is 4.20. The number of thiazole rings is 1. The van der Waals surface area contributed by atoms with E-state index in [1.54, 1.807) is 11.3 Å². The SMILES string of the molecule is c1ccc(C[n+]2ccsc2Oc2ccccc2)cc1. The summed E-state index contributed by atoms with van der Waals surface area (Å²) in [6, 6.07) is 20.3. The molecular weight excluding hydrogens is 254 g/mol. The Morgan fingerprint density at radius 2 is 1.58 bits per heavy atom. The summed E-state index contributed by atoms with van der Waals surface area (Å²) in [6.45, 7) is 0.826. The largest absolute Gasteiger partial charge is 0.436 e. The van der Waals surface area contributed by atoms with E-state index in [9.17, 15) is 0 Å². The Bertz CT molecular complexity index is 578. The van der Waals surface area contributed by atoms with Crippen molar-refractivity contribution in [2.24, 2.45) is 0 Å². The fourth-order valence-electron chi connectivity index (χ4n) is 1.86. The number of nitrogens with zero attached hydrogens (tertiary/aromatic N) is 1. The minimum Gasteiger partial charge on any atom is -0.397 e. The number of ether oxygens (including phenoxy) is 1. The Morgan fingerprint density at radius 1 is 0.895 bits per heavy atom.